The van der Waals surface area contributed by atoms with Gasteiger partial charge in [-0.05, 0) is 31.2 Å². The Morgan fingerprint density at radius 3 is 2.81 bits per heavy atom. The third kappa shape index (κ3) is 3.83. The first-order chi connectivity index (χ1) is 12.8. The summed E-state index contributed by atoms with van der Waals surface area (Å²) in [6.07, 6.45) is 5.27. The molecule has 0 spiro atoms. The van der Waals surface area contributed by atoms with Crippen molar-refractivity contribution in [2.75, 3.05) is 20.8 Å². The molecule has 0 N–H and O–H groups in total. The number of hydrogen-bond acceptors (Lipinski definition) is 6. The molecule has 0 aliphatic rings. The first kappa shape index (κ1) is 17.9. The van der Waals surface area contributed by atoms with Gasteiger partial charge in [-0.3, -0.25) is 9.98 Å². The van der Waals surface area contributed by atoms with Crippen molar-refractivity contribution in [1.82, 2.24) is 9.66 Å². The first-order valence-electron chi connectivity index (χ1n) is 8.14. The number of methoxy groups -OCH3 is 2. The van der Waals surface area contributed by atoms with E-state index in [9.17, 15) is 0 Å². The molecule has 0 saturated heterocycles. The van der Waals surface area contributed by atoms with Crippen LogP contribution in [0.15, 0.2) is 58.2 Å². The molecule has 0 saturated carbocycles. The fraction of sp³-hybridized carbons (Fsp3) is 0.211. The highest BCUT2D eigenvalue weighted by molar-refractivity contribution is 7.07. The summed E-state index contributed by atoms with van der Waals surface area (Å²) in [5.74, 6) is 1.50. The minimum Gasteiger partial charge on any atom is -0.497 e. The Hall–Kier alpha value is -2.93. The van der Waals surface area contributed by atoms with Crippen LogP contribution in [0.4, 0.5) is 0 Å². The number of rotatable bonds is 6. The molecule has 0 bridgehead atoms. The molecule has 134 valence electrons. The summed E-state index contributed by atoms with van der Waals surface area (Å²) in [6, 6.07) is 9.52. The van der Waals surface area contributed by atoms with Gasteiger partial charge in [-0.25, -0.2) is 4.68 Å². The normalized spacial score (nSPS) is 11.9. The van der Waals surface area contributed by atoms with Gasteiger partial charge in [-0.1, -0.05) is 6.07 Å². The fourth-order valence-corrected chi connectivity index (χ4v) is 3.32. The van der Waals surface area contributed by atoms with E-state index in [0.29, 0.717) is 6.54 Å². The molecular formula is C19H20N4O2S. The molecule has 0 aliphatic carbocycles. The highest BCUT2D eigenvalue weighted by atomic mass is 32.1. The monoisotopic (exact) mass is 368 g/mol. The molecule has 6 nitrogen and oxygen atoms in total. The van der Waals surface area contributed by atoms with Crippen LogP contribution in [0.5, 0.6) is 11.5 Å². The van der Waals surface area contributed by atoms with Gasteiger partial charge in [0.2, 0.25) is 4.80 Å². The lowest BCUT2D eigenvalue weighted by molar-refractivity contribution is 0.404. The van der Waals surface area contributed by atoms with E-state index >= 15 is 0 Å². The van der Waals surface area contributed by atoms with Crippen LogP contribution in [-0.4, -0.2) is 36.6 Å². The van der Waals surface area contributed by atoms with Crippen molar-refractivity contribution in [1.29, 1.82) is 0 Å². The number of ether oxygens (including phenoxy) is 2. The maximum atomic E-state index is 5.53. The molecule has 0 aliphatic heterocycles. The first-order valence-corrected chi connectivity index (χ1v) is 9.02. The molecule has 3 aromatic rings. The lowest BCUT2D eigenvalue weighted by Gasteiger charge is -2.11. The minimum absolute atomic E-state index is 0.678. The summed E-state index contributed by atoms with van der Waals surface area (Å²) in [7, 11) is 3.30. The fourth-order valence-electron chi connectivity index (χ4n) is 2.43. The summed E-state index contributed by atoms with van der Waals surface area (Å²) in [5.41, 5.74) is 2.69. The van der Waals surface area contributed by atoms with Crippen LogP contribution in [0.2, 0.25) is 0 Å². The number of hydrogen-bond donors (Lipinski definition) is 0. The zero-order chi connectivity index (χ0) is 18.4. The van der Waals surface area contributed by atoms with E-state index in [1.54, 1.807) is 32.8 Å². The van der Waals surface area contributed by atoms with Crippen molar-refractivity contribution >= 4 is 17.6 Å². The van der Waals surface area contributed by atoms with Gasteiger partial charge in [0.05, 0.1) is 26.1 Å². The Bertz CT molecular complexity index is 961. The largest absolute Gasteiger partial charge is 0.497 e. The Morgan fingerprint density at radius 2 is 2.12 bits per heavy atom. The van der Waals surface area contributed by atoms with E-state index in [0.717, 1.165) is 33.1 Å². The van der Waals surface area contributed by atoms with Crippen molar-refractivity contribution in [2.24, 2.45) is 10.1 Å². The third-order valence-electron chi connectivity index (χ3n) is 3.67. The van der Waals surface area contributed by atoms with E-state index in [-0.39, 0.29) is 0 Å². The van der Waals surface area contributed by atoms with Crippen molar-refractivity contribution in [3.63, 3.8) is 0 Å². The van der Waals surface area contributed by atoms with Crippen molar-refractivity contribution in [2.45, 2.75) is 6.92 Å². The number of nitrogens with zero attached hydrogens (tertiary/aromatic N) is 4. The summed E-state index contributed by atoms with van der Waals surface area (Å²) in [4.78, 5) is 9.47. The standard InChI is InChI=1S/C19H20N4O2S/c1-4-21-19-23(22-12-14-6-5-9-20-11-14)17(13-26-19)16-10-15(24-2)7-8-18(16)25-3/h5-13H,4H2,1-3H3. The van der Waals surface area contributed by atoms with E-state index < -0.39 is 0 Å². The molecule has 3 rings (SSSR count). The zero-order valence-electron chi connectivity index (χ0n) is 14.9. The van der Waals surface area contributed by atoms with Crippen LogP contribution in [0.3, 0.4) is 0 Å². The predicted molar refractivity (Wildman–Crippen MR) is 104 cm³/mol. The van der Waals surface area contributed by atoms with E-state index in [4.69, 9.17) is 9.47 Å². The van der Waals surface area contributed by atoms with Crippen LogP contribution in [-0.2, 0) is 0 Å². The number of thiazole rings is 1. The lowest BCUT2D eigenvalue weighted by atomic mass is 10.1. The second-order valence-corrected chi connectivity index (χ2v) is 6.12. The molecule has 0 radical (unpaired) electrons. The number of benzene rings is 1. The average molecular weight is 368 g/mol. The predicted octanol–water partition coefficient (Wildman–Crippen LogP) is 3.43. The lowest BCUT2D eigenvalue weighted by Crippen LogP contribution is -2.12. The zero-order valence-corrected chi connectivity index (χ0v) is 15.7. The Morgan fingerprint density at radius 1 is 1.23 bits per heavy atom. The van der Waals surface area contributed by atoms with Gasteiger partial charge in [0.1, 0.15) is 11.5 Å². The average Bonchev–Trinajstić information content (AvgIpc) is 3.09. The Balaban J connectivity index is 2.15. The molecule has 1 aromatic carbocycles. The van der Waals surface area contributed by atoms with Gasteiger partial charge in [0.15, 0.2) is 0 Å². The summed E-state index contributed by atoms with van der Waals surface area (Å²) in [5, 5.41) is 6.65. The summed E-state index contributed by atoms with van der Waals surface area (Å²) in [6.45, 7) is 2.68. The topological polar surface area (TPSA) is 61.0 Å². The van der Waals surface area contributed by atoms with Crippen molar-refractivity contribution < 1.29 is 9.47 Å². The molecule has 0 amide bonds. The van der Waals surface area contributed by atoms with Gasteiger partial charge in [0, 0.05) is 35.4 Å². The molecule has 2 aromatic heterocycles. The van der Waals surface area contributed by atoms with Crippen molar-refractivity contribution in [3.8, 4) is 22.8 Å². The number of pyridine rings is 1. The number of aromatic nitrogens is 2. The molecule has 26 heavy (non-hydrogen) atoms. The molecule has 2 heterocycles. The molecule has 0 atom stereocenters. The molecular weight excluding hydrogens is 348 g/mol. The smallest absolute Gasteiger partial charge is 0.206 e. The van der Waals surface area contributed by atoms with E-state index in [1.807, 2.05) is 47.3 Å². The Kier molecular flexibility index (Phi) is 5.80. The third-order valence-corrected chi connectivity index (χ3v) is 4.52. The van der Waals surface area contributed by atoms with Gasteiger partial charge in [-0.2, -0.15) is 5.10 Å². The van der Waals surface area contributed by atoms with Gasteiger partial charge < -0.3 is 9.47 Å². The maximum absolute atomic E-state index is 5.53. The van der Waals surface area contributed by atoms with Crippen LogP contribution >= 0.6 is 11.3 Å². The molecule has 0 unspecified atom stereocenters. The quantitative estimate of drug-likeness (QED) is 0.626. The summed E-state index contributed by atoms with van der Waals surface area (Å²) < 4.78 is 12.7. The Labute approximate surface area is 156 Å². The van der Waals surface area contributed by atoms with E-state index in [1.165, 1.54) is 11.3 Å². The van der Waals surface area contributed by atoms with Crippen molar-refractivity contribution in [3.05, 3.63) is 58.5 Å². The second-order valence-electron chi connectivity index (χ2n) is 5.29. The minimum atomic E-state index is 0.678. The maximum Gasteiger partial charge on any atom is 0.206 e. The van der Waals surface area contributed by atoms with Gasteiger partial charge in [-0.15, -0.1) is 11.3 Å². The van der Waals surface area contributed by atoms with Crippen LogP contribution in [0, 0.1) is 0 Å². The SMILES string of the molecule is CCN=c1scc(-c2cc(OC)ccc2OC)n1N=Cc1cccnc1. The van der Waals surface area contributed by atoms with Crippen LogP contribution < -0.4 is 14.3 Å². The molecule has 7 heteroatoms. The van der Waals surface area contributed by atoms with Crippen LogP contribution in [0.1, 0.15) is 12.5 Å². The second kappa shape index (κ2) is 8.44. The summed E-state index contributed by atoms with van der Waals surface area (Å²) >= 11 is 1.53. The molecule has 0 fully saturated rings. The van der Waals surface area contributed by atoms with Crippen LogP contribution in [0.25, 0.3) is 11.3 Å². The van der Waals surface area contributed by atoms with Gasteiger partial charge >= 0.3 is 0 Å². The van der Waals surface area contributed by atoms with E-state index in [2.05, 4.69) is 15.1 Å². The highest BCUT2D eigenvalue weighted by Crippen LogP contribution is 2.33. The van der Waals surface area contributed by atoms with Gasteiger partial charge in [0.25, 0.3) is 0 Å². The highest BCUT2D eigenvalue weighted by Gasteiger charge is 2.13.